The molecule has 0 bridgehead atoms. The van der Waals surface area contributed by atoms with Gasteiger partial charge in [-0.15, -0.1) is 0 Å². The number of nitrogens with one attached hydrogen (secondary N) is 1. The number of hydrogen-bond donors (Lipinski definition) is 1. The van der Waals surface area contributed by atoms with Crippen molar-refractivity contribution in [3.8, 4) is 17.0 Å². The van der Waals surface area contributed by atoms with Crippen LogP contribution >= 0.6 is 11.8 Å². The maximum Gasteiger partial charge on any atom is 0.265 e. The zero-order chi connectivity index (χ0) is 19.7. The number of nitrogens with zero attached hydrogens (tertiary/aromatic N) is 2. The summed E-state index contributed by atoms with van der Waals surface area (Å²) >= 11 is 1.78. The maximum atomic E-state index is 12.5. The Kier molecular flexibility index (Phi) is 5.13. The van der Waals surface area contributed by atoms with E-state index < -0.39 is 6.10 Å². The highest BCUT2D eigenvalue weighted by Gasteiger charge is 2.17. The molecule has 0 spiro atoms. The van der Waals surface area contributed by atoms with Gasteiger partial charge in [-0.1, -0.05) is 36.0 Å². The SMILES string of the molecule is Cc1ccc(C)c(OC(C)C(=O)Nc2ccc(-c3cn4c(n3)SCC4)cc2)c1. The molecule has 6 heteroatoms. The van der Waals surface area contributed by atoms with Crippen molar-refractivity contribution in [2.75, 3.05) is 11.1 Å². The number of ether oxygens (including phenoxy) is 1. The van der Waals surface area contributed by atoms with Gasteiger partial charge in [0.15, 0.2) is 11.3 Å². The molecular formula is C22H23N3O2S. The van der Waals surface area contributed by atoms with Crippen molar-refractivity contribution < 1.29 is 9.53 Å². The van der Waals surface area contributed by atoms with Crippen molar-refractivity contribution in [2.45, 2.75) is 38.6 Å². The molecule has 3 aromatic rings. The molecule has 0 aliphatic carbocycles. The predicted molar refractivity (Wildman–Crippen MR) is 113 cm³/mol. The Labute approximate surface area is 169 Å². The molecule has 4 rings (SSSR count). The van der Waals surface area contributed by atoms with Crippen LogP contribution in [-0.4, -0.2) is 27.3 Å². The second-order valence-electron chi connectivity index (χ2n) is 7.05. The number of hydrogen-bond acceptors (Lipinski definition) is 4. The normalized spacial score (nSPS) is 13.8. The highest BCUT2D eigenvalue weighted by molar-refractivity contribution is 7.99. The van der Waals surface area contributed by atoms with Gasteiger partial charge in [-0.3, -0.25) is 4.79 Å². The molecule has 2 heterocycles. The lowest BCUT2D eigenvalue weighted by Gasteiger charge is -2.17. The first kappa shape index (κ1) is 18.6. The fraction of sp³-hybridized carbons (Fsp3) is 0.273. The van der Waals surface area contributed by atoms with Gasteiger partial charge in [-0.05, 0) is 50.1 Å². The molecule has 1 unspecified atom stereocenters. The Morgan fingerprint density at radius 2 is 2.00 bits per heavy atom. The van der Waals surface area contributed by atoms with Gasteiger partial charge in [-0.25, -0.2) is 4.98 Å². The van der Waals surface area contributed by atoms with E-state index in [4.69, 9.17) is 4.74 Å². The molecule has 1 aliphatic heterocycles. The number of imidazole rings is 1. The van der Waals surface area contributed by atoms with Crippen molar-refractivity contribution in [2.24, 2.45) is 0 Å². The second kappa shape index (κ2) is 7.72. The second-order valence-corrected chi connectivity index (χ2v) is 8.11. The number of benzene rings is 2. The maximum absolute atomic E-state index is 12.5. The van der Waals surface area contributed by atoms with Crippen molar-refractivity contribution in [1.29, 1.82) is 0 Å². The lowest BCUT2D eigenvalue weighted by atomic mass is 10.1. The summed E-state index contributed by atoms with van der Waals surface area (Å²) in [6.45, 7) is 6.75. The topological polar surface area (TPSA) is 56.1 Å². The molecule has 0 fully saturated rings. The summed E-state index contributed by atoms with van der Waals surface area (Å²) < 4.78 is 8.04. The van der Waals surface area contributed by atoms with E-state index in [9.17, 15) is 4.79 Å². The van der Waals surface area contributed by atoms with Crippen LogP contribution in [-0.2, 0) is 11.3 Å². The molecule has 1 amide bonds. The van der Waals surface area contributed by atoms with Crippen molar-refractivity contribution in [1.82, 2.24) is 9.55 Å². The summed E-state index contributed by atoms with van der Waals surface area (Å²) in [5.41, 5.74) is 4.87. The lowest BCUT2D eigenvalue weighted by molar-refractivity contribution is -0.122. The minimum absolute atomic E-state index is 0.175. The van der Waals surface area contributed by atoms with Gasteiger partial charge in [-0.2, -0.15) is 0 Å². The summed E-state index contributed by atoms with van der Waals surface area (Å²) in [7, 11) is 0. The molecule has 0 saturated carbocycles. The lowest BCUT2D eigenvalue weighted by Crippen LogP contribution is -2.30. The Morgan fingerprint density at radius 1 is 1.21 bits per heavy atom. The van der Waals surface area contributed by atoms with E-state index in [1.54, 1.807) is 18.7 Å². The van der Waals surface area contributed by atoms with Crippen LogP contribution in [0.3, 0.4) is 0 Å². The fourth-order valence-electron chi connectivity index (χ4n) is 3.10. The summed E-state index contributed by atoms with van der Waals surface area (Å²) in [5.74, 6) is 1.66. The highest BCUT2D eigenvalue weighted by atomic mass is 32.2. The molecule has 5 nitrogen and oxygen atoms in total. The summed E-state index contributed by atoms with van der Waals surface area (Å²) in [5, 5.41) is 3.99. The standard InChI is InChI=1S/C22H23N3O2S/c1-14-4-5-15(2)20(12-14)27-16(3)21(26)23-18-8-6-17(7-9-18)19-13-25-10-11-28-22(25)24-19/h4-9,12-13,16H,10-11H2,1-3H3,(H,23,26). The van der Waals surface area contributed by atoms with E-state index in [0.717, 1.165) is 51.3 Å². The molecule has 1 aliphatic rings. The number of aryl methyl sites for hydroxylation is 3. The van der Waals surface area contributed by atoms with Gasteiger partial charge in [0.1, 0.15) is 5.75 Å². The van der Waals surface area contributed by atoms with E-state index >= 15 is 0 Å². The highest BCUT2D eigenvalue weighted by Crippen LogP contribution is 2.29. The number of thioether (sulfide) groups is 1. The molecule has 28 heavy (non-hydrogen) atoms. The Balaban J connectivity index is 1.40. The zero-order valence-electron chi connectivity index (χ0n) is 16.2. The largest absolute Gasteiger partial charge is 0.481 e. The van der Waals surface area contributed by atoms with E-state index in [-0.39, 0.29) is 5.91 Å². The van der Waals surface area contributed by atoms with Gasteiger partial charge >= 0.3 is 0 Å². The molecule has 2 aromatic carbocycles. The van der Waals surface area contributed by atoms with Gasteiger partial charge in [0, 0.05) is 29.7 Å². The van der Waals surface area contributed by atoms with E-state index in [2.05, 4.69) is 21.1 Å². The van der Waals surface area contributed by atoms with Gasteiger partial charge in [0.05, 0.1) is 5.69 Å². The molecule has 144 valence electrons. The van der Waals surface area contributed by atoms with Gasteiger partial charge in [0.2, 0.25) is 0 Å². The molecule has 0 saturated heterocycles. The van der Waals surface area contributed by atoms with Crippen LogP contribution in [0.25, 0.3) is 11.3 Å². The predicted octanol–water partition coefficient (Wildman–Crippen LogP) is 4.68. The first-order valence-electron chi connectivity index (χ1n) is 9.35. The van der Waals surface area contributed by atoms with E-state index in [1.807, 2.05) is 56.3 Å². The third kappa shape index (κ3) is 3.92. The quantitative estimate of drug-likeness (QED) is 0.684. The number of fused-ring (bicyclic) bond motifs is 1. The summed E-state index contributed by atoms with van der Waals surface area (Å²) in [4.78, 5) is 17.2. The number of carbonyl (C=O) groups is 1. The first-order chi connectivity index (χ1) is 13.5. The van der Waals surface area contributed by atoms with Crippen LogP contribution < -0.4 is 10.1 Å². The number of amides is 1. The summed E-state index contributed by atoms with van der Waals surface area (Å²) in [6, 6.07) is 13.7. The molecular weight excluding hydrogens is 370 g/mol. The Morgan fingerprint density at radius 3 is 2.75 bits per heavy atom. The van der Waals surface area contributed by atoms with Crippen LogP contribution in [0.2, 0.25) is 0 Å². The number of anilines is 1. The van der Waals surface area contributed by atoms with Crippen molar-refractivity contribution in [3.63, 3.8) is 0 Å². The molecule has 1 N–H and O–H groups in total. The monoisotopic (exact) mass is 393 g/mol. The fourth-order valence-corrected chi connectivity index (χ4v) is 4.04. The first-order valence-corrected chi connectivity index (χ1v) is 10.3. The van der Waals surface area contributed by atoms with Crippen LogP contribution in [0.4, 0.5) is 5.69 Å². The smallest absolute Gasteiger partial charge is 0.265 e. The Bertz CT molecular complexity index is 990. The summed E-state index contributed by atoms with van der Waals surface area (Å²) in [6.07, 6.45) is 1.50. The van der Waals surface area contributed by atoms with E-state index in [0.29, 0.717) is 0 Å². The minimum atomic E-state index is -0.590. The van der Waals surface area contributed by atoms with Crippen molar-refractivity contribution in [3.05, 3.63) is 59.8 Å². The molecule has 1 atom stereocenters. The third-order valence-electron chi connectivity index (χ3n) is 4.77. The van der Waals surface area contributed by atoms with Crippen LogP contribution in [0, 0.1) is 13.8 Å². The number of carbonyl (C=O) groups excluding carboxylic acids is 1. The minimum Gasteiger partial charge on any atom is -0.481 e. The average molecular weight is 394 g/mol. The van der Waals surface area contributed by atoms with Crippen molar-refractivity contribution >= 4 is 23.4 Å². The molecule has 1 aromatic heterocycles. The third-order valence-corrected chi connectivity index (χ3v) is 5.74. The zero-order valence-corrected chi connectivity index (χ0v) is 17.0. The number of rotatable bonds is 5. The van der Waals surface area contributed by atoms with Crippen LogP contribution in [0.5, 0.6) is 5.75 Å². The van der Waals surface area contributed by atoms with Gasteiger partial charge in [0.25, 0.3) is 5.91 Å². The van der Waals surface area contributed by atoms with E-state index in [1.165, 1.54) is 0 Å². The Hall–Kier alpha value is -2.73. The van der Waals surface area contributed by atoms with Crippen LogP contribution in [0.1, 0.15) is 18.1 Å². The van der Waals surface area contributed by atoms with Gasteiger partial charge < -0.3 is 14.6 Å². The molecule has 0 radical (unpaired) electrons. The van der Waals surface area contributed by atoms with Crippen LogP contribution in [0.15, 0.2) is 53.8 Å². The average Bonchev–Trinajstić information content (AvgIpc) is 3.27. The number of aromatic nitrogens is 2.